The SMILES string of the molecule is CON(C(=O)c1cn(C)nc1C(F)F)C(C)C1CC=C(C)CC1. The molecule has 2 atom stereocenters. The van der Waals surface area contributed by atoms with Crippen LogP contribution in [0.5, 0.6) is 0 Å². The molecule has 5 nitrogen and oxygen atoms in total. The van der Waals surface area contributed by atoms with E-state index in [0.717, 1.165) is 19.3 Å². The minimum absolute atomic E-state index is 0.112. The first-order valence-corrected chi connectivity index (χ1v) is 7.70. The normalized spacial score (nSPS) is 19.6. The molecule has 128 valence electrons. The first-order valence-electron chi connectivity index (χ1n) is 7.70. The fraction of sp³-hybridized carbons (Fsp3) is 0.625. The Morgan fingerprint density at radius 2 is 2.22 bits per heavy atom. The standard InChI is InChI=1S/C16H23F2N3O2/c1-10-5-7-12(8-6-10)11(2)21(23-4)16(22)13-9-20(3)19-14(13)15(17)18/h5,9,11-12,15H,6-8H2,1-4H3. The summed E-state index contributed by atoms with van der Waals surface area (Å²) in [4.78, 5) is 17.9. The van der Waals surface area contributed by atoms with Crippen LogP contribution in [0.3, 0.4) is 0 Å². The Morgan fingerprint density at radius 3 is 2.74 bits per heavy atom. The zero-order chi connectivity index (χ0) is 17.1. The van der Waals surface area contributed by atoms with Gasteiger partial charge in [0.05, 0.1) is 18.7 Å². The predicted molar refractivity (Wildman–Crippen MR) is 81.9 cm³/mol. The van der Waals surface area contributed by atoms with E-state index in [1.54, 1.807) is 0 Å². The molecule has 0 radical (unpaired) electrons. The maximum atomic E-state index is 13.1. The van der Waals surface area contributed by atoms with E-state index in [2.05, 4.69) is 18.1 Å². The molecule has 1 aliphatic rings. The van der Waals surface area contributed by atoms with Crippen molar-refractivity contribution in [1.29, 1.82) is 0 Å². The molecule has 1 heterocycles. The van der Waals surface area contributed by atoms with Crippen molar-refractivity contribution in [2.75, 3.05) is 7.11 Å². The molecule has 7 heteroatoms. The zero-order valence-electron chi connectivity index (χ0n) is 13.9. The van der Waals surface area contributed by atoms with Crippen LogP contribution in [0.15, 0.2) is 17.8 Å². The quantitative estimate of drug-likeness (QED) is 0.614. The molecular formula is C16H23F2N3O2. The van der Waals surface area contributed by atoms with Crippen LogP contribution in [0.2, 0.25) is 0 Å². The second kappa shape index (κ2) is 7.21. The third-order valence-corrected chi connectivity index (χ3v) is 4.42. The molecule has 0 saturated carbocycles. The van der Waals surface area contributed by atoms with Crippen molar-refractivity contribution in [3.8, 4) is 0 Å². The molecule has 0 spiro atoms. The molecule has 0 saturated heterocycles. The Morgan fingerprint density at radius 1 is 1.52 bits per heavy atom. The van der Waals surface area contributed by atoms with Crippen LogP contribution in [-0.2, 0) is 11.9 Å². The Hall–Kier alpha value is -1.76. The second-order valence-electron chi connectivity index (χ2n) is 6.04. The van der Waals surface area contributed by atoms with Crippen molar-refractivity contribution in [3.05, 3.63) is 29.1 Å². The maximum Gasteiger partial charge on any atom is 0.282 e. The Labute approximate surface area is 134 Å². The molecule has 2 rings (SSSR count). The van der Waals surface area contributed by atoms with Gasteiger partial charge in [-0.3, -0.25) is 14.3 Å². The van der Waals surface area contributed by atoms with Crippen molar-refractivity contribution in [1.82, 2.24) is 14.8 Å². The summed E-state index contributed by atoms with van der Waals surface area (Å²) in [5.41, 5.74) is 0.723. The summed E-state index contributed by atoms with van der Waals surface area (Å²) in [6.45, 7) is 3.98. The van der Waals surface area contributed by atoms with Crippen molar-refractivity contribution in [2.24, 2.45) is 13.0 Å². The van der Waals surface area contributed by atoms with E-state index in [1.165, 1.54) is 35.7 Å². The summed E-state index contributed by atoms with van der Waals surface area (Å²) in [6, 6.07) is -0.206. The summed E-state index contributed by atoms with van der Waals surface area (Å²) < 4.78 is 27.4. The fourth-order valence-corrected chi connectivity index (χ4v) is 3.00. The highest BCUT2D eigenvalue weighted by molar-refractivity contribution is 5.94. The highest BCUT2D eigenvalue weighted by Crippen LogP contribution is 2.30. The largest absolute Gasteiger partial charge is 0.282 e. The van der Waals surface area contributed by atoms with Gasteiger partial charge in [-0.25, -0.2) is 13.8 Å². The number of amides is 1. The molecule has 1 aliphatic carbocycles. The van der Waals surface area contributed by atoms with Gasteiger partial charge in [0.1, 0.15) is 5.69 Å². The Kier molecular flexibility index (Phi) is 5.51. The Bertz CT molecular complexity index is 598. The van der Waals surface area contributed by atoms with E-state index in [4.69, 9.17) is 4.84 Å². The molecular weight excluding hydrogens is 304 g/mol. The second-order valence-corrected chi connectivity index (χ2v) is 6.04. The number of halogens is 2. The van der Waals surface area contributed by atoms with Crippen LogP contribution in [0, 0.1) is 5.92 Å². The number of aryl methyl sites for hydroxylation is 1. The summed E-state index contributed by atoms with van der Waals surface area (Å²) >= 11 is 0. The van der Waals surface area contributed by atoms with Gasteiger partial charge >= 0.3 is 0 Å². The van der Waals surface area contributed by atoms with E-state index >= 15 is 0 Å². The van der Waals surface area contributed by atoms with Crippen LogP contribution < -0.4 is 0 Å². The minimum Gasteiger partial charge on any atom is -0.275 e. The average Bonchev–Trinajstić information content (AvgIpc) is 2.90. The summed E-state index contributed by atoms with van der Waals surface area (Å²) in [6.07, 6.45) is 3.46. The van der Waals surface area contributed by atoms with E-state index in [1.807, 2.05) is 6.92 Å². The van der Waals surface area contributed by atoms with E-state index < -0.39 is 18.0 Å². The number of nitrogens with zero attached hydrogens (tertiary/aromatic N) is 3. The zero-order valence-corrected chi connectivity index (χ0v) is 13.9. The van der Waals surface area contributed by atoms with Gasteiger partial charge < -0.3 is 0 Å². The number of aromatic nitrogens is 2. The molecule has 0 bridgehead atoms. The van der Waals surface area contributed by atoms with Gasteiger partial charge in [0.2, 0.25) is 0 Å². The number of rotatable bonds is 5. The minimum atomic E-state index is -2.80. The number of alkyl halides is 2. The fourth-order valence-electron chi connectivity index (χ4n) is 3.00. The highest BCUT2D eigenvalue weighted by Gasteiger charge is 2.32. The van der Waals surface area contributed by atoms with Crippen LogP contribution >= 0.6 is 0 Å². The smallest absolute Gasteiger partial charge is 0.275 e. The van der Waals surface area contributed by atoms with Gasteiger partial charge in [0, 0.05) is 13.2 Å². The van der Waals surface area contributed by atoms with Crippen molar-refractivity contribution < 1.29 is 18.4 Å². The predicted octanol–water partition coefficient (Wildman–Crippen LogP) is 3.50. The Balaban J connectivity index is 2.21. The lowest BCUT2D eigenvalue weighted by atomic mass is 9.85. The highest BCUT2D eigenvalue weighted by atomic mass is 19.3. The number of carbonyl (C=O) groups excluding carboxylic acids is 1. The molecule has 1 amide bonds. The van der Waals surface area contributed by atoms with Gasteiger partial charge in [-0.2, -0.15) is 5.10 Å². The molecule has 1 aromatic rings. The molecule has 0 aromatic carbocycles. The molecule has 23 heavy (non-hydrogen) atoms. The lowest BCUT2D eigenvalue weighted by Gasteiger charge is -2.34. The van der Waals surface area contributed by atoms with E-state index in [9.17, 15) is 13.6 Å². The number of carbonyl (C=O) groups is 1. The maximum absolute atomic E-state index is 13.1. The average molecular weight is 327 g/mol. The van der Waals surface area contributed by atoms with Crippen LogP contribution in [-0.4, -0.2) is 33.9 Å². The first kappa shape index (κ1) is 17.6. The van der Waals surface area contributed by atoms with E-state index in [-0.39, 0.29) is 17.5 Å². The summed E-state index contributed by atoms with van der Waals surface area (Å²) in [7, 11) is 2.90. The van der Waals surface area contributed by atoms with Crippen molar-refractivity contribution in [2.45, 2.75) is 45.6 Å². The van der Waals surface area contributed by atoms with Crippen LogP contribution in [0.25, 0.3) is 0 Å². The number of hydrogen-bond acceptors (Lipinski definition) is 3. The van der Waals surface area contributed by atoms with Crippen molar-refractivity contribution >= 4 is 5.91 Å². The monoisotopic (exact) mass is 327 g/mol. The van der Waals surface area contributed by atoms with Crippen LogP contribution in [0.1, 0.15) is 55.6 Å². The topological polar surface area (TPSA) is 47.4 Å². The van der Waals surface area contributed by atoms with Gasteiger partial charge in [-0.1, -0.05) is 11.6 Å². The van der Waals surface area contributed by atoms with Gasteiger partial charge in [0.25, 0.3) is 12.3 Å². The molecule has 0 fully saturated rings. The number of hydrogen-bond donors (Lipinski definition) is 0. The van der Waals surface area contributed by atoms with Crippen LogP contribution in [0.4, 0.5) is 8.78 Å². The van der Waals surface area contributed by atoms with Crippen molar-refractivity contribution in [3.63, 3.8) is 0 Å². The molecule has 2 unspecified atom stereocenters. The molecule has 0 N–H and O–H groups in total. The molecule has 1 aromatic heterocycles. The number of hydroxylamine groups is 2. The van der Waals surface area contributed by atoms with Gasteiger partial charge in [0.15, 0.2) is 0 Å². The van der Waals surface area contributed by atoms with Gasteiger partial charge in [-0.05, 0) is 39.0 Å². The first-order chi connectivity index (χ1) is 10.8. The van der Waals surface area contributed by atoms with E-state index in [0.29, 0.717) is 0 Å². The number of allylic oxidation sites excluding steroid dienone is 2. The lowest BCUT2D eigenvalue weighted by molar-refractivity contribution is -0.132. The summed E-state index contributed by atoms with van der Waals surface area (Å²) in [5.74, 6) is -0.330. The third-order valence-electron chi connectivity index (χ3n) is 4.42. The third kappa shape index (κ3) is 3.77. The summed E-state index contributed by atoms with van der Waals surface area (Å²) in [5, 5.41) is 4.88. The lowest BCUT2D eigenvalue weighted by Crippen LogP contribution is -2.42. The molecule has 0 aliphatic heterocycles. The van der Waals surface area contributed by atoms with Gasteiger partial charge in [-0.15, -0.1) is 0 Å².